The second kappa shape index (κ2) is 7.14. The molecule has 1 aromatic heterocycles. The highest BCUT2D eigenvalue weighted by Crippen LogP contribution is 2.23. The van der Waals surface area contributed by atoms with Gasteiger partial charge in [0.1, 0.15) is 5.75 Å². The van der Waals surface area contributed by atoms with Crippen molar-refractivity contribution < 1.29 is 4.74 Å². The van der Waals surface area contributed by atoms with Crippen LogP contribution in [0.1, 0.15) is 18.2 Å². The third-order valence-electron chi connectivity index (χ3n) is 2.34. The lowest BCUT2D eigenvalue weighted by Crippen LogP contribution is -2.17. The minimum absolute atomic E-state index is 0.739. The number of hydrogen-bond acceptors (Lipinski definition) is 4. The zero-order chi connectivity index (χ0) is 11.1. The van der Waals surface area contributed by atoms with Crippen molar-refractivity contribution in [2.24, 2.45) is 0 Å². The summed E-state index contributed by atoms with van der Waals surface area (Å²) in [6.45, 7) is 4.25. The molecule has 86 valence electrons. The Hall–Kier alpha value is -0.190. The summed E-state index contributed by atoms with van der Waals surface area (Å²) in [4.78, 5) is 1.29. The van der Waals surface area contributed by atoms with Crippen molar-refractivity contribution in [1.29, 1.82) is 0 Å². The molecule has 0 aliphatic heterocycles. The Morgan fingerprint density at radius 2 is 2.40 bits per heavy atom. The van der Waals surface area contributed by atoms with Crippen LogP contribution in [-0.2, 0) is 6.54 Å². The summed E-state index contributed by atoms with van der Waals surface area (Å²) in [6.07, 6.45) is 3.38. The number of thiophene rings is 1. The molecule has 15 heavy (non-hydrogen) atoms. The largest absolute Gasteiger partial charge is 0.496 e. The van der Waals surface area contributed by atoms with E-state index in [0.29, 0.717) is 0 Å². The fourth-order valence-electron chi connectivity index (χ4n) is 1.26. The molecule has 0 fully saturated rings. The maximum absolute atomic E-state index is 5.25. The van der Waals surface area contributed by atoms with Gasteiger partial charge in [0.25, 0.3) is 0 Å². The summed E-state index contributed by atoms with van der Waals surface area (Å²) >= 11 is 3.66. The Morgan fingerprint density at radius 1 is 1.60 bits per heavy atom. The smallest absolute Gasteiger partial charge is 0.134 e. The number of methoxy groups -OCH3 is 1. The molecule has 0 bridgehead atoms. The minimum Gasteiger partial charge on any atom is -0.496 e. The fourth-order valence-corrected chi connectivity index (χ4v) is 2.43. The van der Waals surface area contributed by atoms with E-state index in [0.717, 1.165) is 24.1 Å². The third kappa shape index (κ3) is 4.45. The molecule has 1 unspecified atom stereocenters. The van der Waals surface area contributed by atoms with Crippen molar-refractivity contribution in [1.82, 2.24) is 5.32 Å². The van der Waals surface area contributed by atoms with E-state index in [2.05, 4.69) is 23.9 Å². The molecule has 0 saturated carbocycles. The molecule has 0 amide bonds. The number of rotatable bonds is 7. The molecule has 1 heterocycles. The van der Waals surface area contributed by atoms with Crippen LogP contribution in [0.3, 0.4) is 0 Å². The van der Waals surface area contributed by atoms with E-state index in [-0.39, 0.29) is 0 Å². The summed E-state index contributed by atoms with van der Waals surface area (Å²) in [6, 6.07) is 2.02. The molecule has 1 rings (SSSR count). The molecule has 2 nitrogen and oxygen atoms in total. The monoisotopic (exact) mass is 245 g/mol. The van der Waals surface area contributed by atoms with Crippen molar-refractivity contribution in [2.45, 2.75) is 25.1 Å². The number of ether oxygens (including phenoxy) is 1. The van der Waals surface area contributed by atoms with Crippen LogP contribution >= 0.6 is 23.1 Å². The first-order chi connectivity index (χ1) is 7.27. The zero-order valence-corrected chi connectivity index (χ0v) is 11.2. The molecule has 1 aromatic rings. The van der Waals surface area contributed by atoms with Gasteiger partial charge in [-0.2, -0.15) is 11.8 Å². The zero-order valence-electron chi connectivity index (χ0n) is 9.58. The second-order valence-corrected chi connectivity index (χ2v) is 5.70. The number of thioether (sulfide) groups is 1. The Labute approximate surface area is 100 Å². The van der Waals surface area contributed by atoms with Crippen molar-refractivity contribution in [3.63, 3.8) is 0 Å². The van der Waals surface area contributed by atoms with Crippen LogP contribution in [-0.4, -0.2) is 25.2 Å². The highest BCUT2D eigenvalue weighted by molar-refractivity contribution is 7.99. The first-order valence-electron chi connectivity index (χ1n) is 5.11. The van der Waals surface area contributed by atoms with E-state index < -0.39 is 0 Å². The van der Waals surface area contributed by atoms with Crippen LogP contribution in [0, 0.1) is 0 Å². The average Bonchev–Trinajstić information content (AvgIpc) is 2.71. The van der Waals surface area contributed by atoms with Gasteiger partial charge in [0.2, 0.25) is 0 Å². The van der Waals surface area contributed by atoms with Gasteiger partial charge in [-0.15, -0.1) is 11.3 Å². The second-order valence-electron chi connectivity index (χ2n) is 3.42. The summed E-state index contributed by atoms with van der Waals surface area (Å²) in [5.74, 6) is 1.01. The van der Waals surface area contributed by atoms with Crippen molar-refractivity contribution >= 4 is 23.1 Å². The highest BCUT2D eigenvalue weighted by atomic mass is 32.2. The van der Waals surface area contributed by atoms with Gasteiger partial charge in [-0.25, -0.2) is 0 Å². The van der Waals surface area contributed by atoms with E-state index in [4.69, 9.17) is 4.74 Å². The van der Waals surface area contributed by atoms with Gasteiger partial charge in [0.15, 0.2) is 0 Å². The maximum atomic E-state index is 5.25. The van der Waals surface area contributed by atoms with Crippen LogP contribution in [0.5, 0.6) is 5.75 Å². The van der Waals surface area contributed by atoms with Crippen molar-refractivity contribution in [3.8, 4) is 5.75 Å². The van der Waals surface area contributed by atoms with Crippen molar-refractivity contribution in [3.05, 3.63) is 16.3 Å². The lowest BCUT2D eigenvalue weighted by atomic mass is 10.3. The summed E-state index contributed by atoms with van der Waals surface area (Å²) in [7, 11) is 1.72. The van der Waals surface area contributed by atoms with Gasteiger partial charge in [0.05, 0.1) is 12.0 Å². The Morgan fingerprint density at radius 3 is 3.07 bits per heavy atom. The predicted octanol–water partition coefficient (Wildman–Crippen LogP) is 2.99. The molecular formula is C11H19NOS2. The lowest BCUT2D eigenvalue weighted by molar-refractivity contribution is 0.410. The lowest BCUT2D eigenvalue weighted by Gasteiger charge is -2.09. The van der Waals surface area contributed by atoms with Crippen molar-refractivity contribution in [2.75, 3.05) is 19.9 Å². The Kier molecular flexibility index (Phi) is 6.13. The van der Waals surface area contributed by atoms with Crippen LogP contribution in [0.15, 0.2) is 11.4 Å². The van der Waals surface area contributed by atoms with E-state index >= 15 is 0 Å². The van der Waals surface area contributed by atoms with E-state index in [9.17, 15) is 0 Å². The molecule has 4 heteroatoms. The topological polar surface area (TPSA) is 21.3 Å². The van der Waals surface area contributed by atoms with Gasteiger partial charge in [-0.3, -0.25) is 0 Å². The number of nitrogens with one attached hydrogen (secondary N) is 1. The number of hydrogen-bond donors (Lipinski definition) is 1. The van der Waals surface area contributed by atoms with Gasteiger partial charge < -0.3 is 10.1 Å². The van der Waals surface area contributed by atoms with Gasteiger partial charge in [0, 0.05) is 11.8 Å². The van der Waals surface area contributed by atoms with Gasteiger partial charge in [-0.1, -0.05) is 6.92 Å². The molecule has 0 saturated heterocycles. The molecule has 0 radical (unpaired) electrons. The first kappa shape index (κ1) is 12.9. The fraction of sp³-hybridized carbons (Fsp3) is 0.636. The maximum Gasteiger partial charge on any atom is 0.134 e. The molecule has 1 N–H and O–H groups in total. The molecule has 0 spiro atoms. The molecule has 0 aliphatic carbocycles. The van der Waals surface area contributed by atoms with E-state index in [1.54, 1.807) is 18.4 Å². The van der Waals surface area contributed by atoms with E-state index in [1.165, 1.54) is 11.3 Å². The van der Waals surface area contributed by atoms with Crippen LogP contribution < -0.4 is 10.1 Å². The van der Waals surface area contributed by atoms with Gasteiger partial charge >= 0.3 is 0 Å². The summed E-state index contributed by atoms with van der Waals surface area (Å²) in [5, 5.41) is 6.25. The molecule has 1 atom stereocenters. The quantitative estimate of drug-likeness (QED) is 0.746. The normalized spacial score (nSPS) is 12.7. The SMILES string of the molecule is COc1ccsc1CNCCC(C)SC. The average molecular weight is 245 g/mol. The molecule has 0 aliphatic rings. The van der Waals surface area contributed by atoms with Crippen LogP contribution in [0.2, 0.25) is 0 Å². The standard InChI is InChI=1S/C11H19NOS2/c1-9(14-3)4-6-12-8-11-10(13-2)5-7-15-11/h5,7,9,12H,4,6,8H2,1-3H3. The Balaban J connectivity index is 2.20. The first-order valence-corrected chi connectivity index (χ1v) is 7.28. The Bertz CT molecular complexity index is 275. The highest BCUT2D eigenvalue weighted by Gasteiger charge is 2.04. The third-order valence-corrected chi connectivity index (χ3v) is 4.28. The summed E-state index contributed by atoms with van der Waals surface area (Å²) < 4.78 is 5.25. The minimum atomic E-state index is 0.739. The predicted molar refractivity (Wildman–Crippen MR) is 70.2 cm³/mol. The van der Waals surface area contributed by atoms with Gasteiger partial charge in [-0.05, 0) is 30.7 Å². The van der Waals surface area contributed by atoms with E-state index in [1.807, 2.05) is 17.8 Å². The summed E-state index contributed by atoms with van der Waals surface area (Å²) in [5.41, 5.74) is 0. The molecular weight excluding hydrogens is 226 g/mol. The van der Waals surface area contributed by atoms with Crippen LogP contribution in [0.4, 0.5) is 0 Å². The molecule has 0 aromatic carbocycles. The van der Waals surface area contributed by atoms with Crippen LogP contribution in [0.25, 0.3) is 0 Å².